The van der Waals surface area contributed by atoms with Crippen LogP contribution in [0.5, 0.6) is 0 Å². The second-order valence-electron chi connectivity index (χ2n) is 5.68. The van der Waals surface area contributed by atoms with Crippen LogP contribution in [0, 0.1) is 5.82 Å². The van der Waals surface area contributed by atoms with Gasteiger partial charge in [0.05, 0.1) is 0 Å². The fourth-order valence-electron chi connectivity index (χ4n) is 2.78. The summed E-state index contributed by atoms with van der Waals surface area (Å²) < 4.78 is 13.5. The fourth-order valence-corrected chi connectivity index (χ4v) is 2.78. The van der Waals surface area contributed by atoms with E-state index in [4.69, 9.17) is 5.73 Å². The third kappa shape index (κ3) is 3.77. The molecule has 2 nitrogen and oxygen atoms in total. The van der Waals surface area contributed by atoms with E-state index in [0.29, 0.717) is 6.04 Å². The summed E-state index contributed by atoms with van der Waals surface area (Å²) in [6.07, 6.45) is 4.86. The Labute approximate surface area is 115 Å². The maximum atomic E-state index is 13.5. The highest BCUT2D eigenvalue weighted by Gasteiger charge is 2.35. The lowest BCUT2D eigenvalue weighted by atomic mass is 9.98. The molecular formula is C16H25FN2. The van der Waals surface area contributed by atoms with Gasteiger partial charge in [0.2, 0.25) is 0 Å². The molecule has 0 spiro atoms. The maximum Gasteiger partial charge on any atom is 0.123 e. The summed E-state index contributed by atoms with van der Waals surface area (Å²) in [5.41, 5.74) is 7.20. The summed E-state index contributed by atoms with van der Waals surface area (Å²) in [6.45, 7) is 5.29. The van der Waals surface area contributed by atoms with Crippen LogP contribution in [0.3, 0.4) is 0 Å². The lowest BCUT2D eigenvalue weighted by Gasteiger charge is -2.35. The molecule has 0 heterocycles. The van der Waals surface area contributed by atoms with Crippen LogP contribution in [0.4, 0.5) is 4.39 Å². The van der Waals surface area contributed by atoms with Gasteiger partial charge in [0, 0.05) is 18.1 Å². The van der Waals surface area contributed by atoms with Gasteiger partial charge in [-0.25, -0.2) is 4.39 Å². The predicted molar refractivity (Wildman–Crippen MR) is 77.4 cm³/mol. The molecule has 2 rings (SSSR count). The van der Waals surface area contributed by atoms with Crippen LogP contribution in [0.25, 0.3) is 0 Å². The number of nitrogens with two attached hydrogens (primary N) is 1. The van der Waals surface area contributed by atoms with Gasteiger partial charge in [0.25, 0.3) is 0 Å². The molecule has 1 fully saturated rings. The number of hydrogen-bond donors (Lipinski definition) is 1. The maximum absolute atomic E-state index is 13.5. The molecule has 1 saturated carbocycles. The summed E-state index contributed by atoms with van der Waals surface area (Å²) in [6, 6.07) is 7.70. The fraction of sp³-hybridized carbons (Fsp3) is 0.625. The Kier molecular flexibility index (Phi) is 4.94. The van der Waals surface area contributed by atoms with Gasteiger partial charge in [-0.1, -0.05) is 25.5 Å². The van der Waals surface area contributed by atoms with Gasteiger partial charge in [-0.3, -0.25) is 4.90 Å². The predicted octanol–water partition coefficient (Wildman–Crippen LogP) is 3.48. The summed E-state index contributed by atoms with van der Waals surface area (Å²) in [5, 5.41) is 0. The van der Waals surface area contributed by atoms with Crippen molar-refractivity contribution in [3.8, 4) is 0 Å². The second kappa shape index (κ2) is 6.49. The van der Waals surface area contributed by atoms with Crippen molar-refractivity contribution >= 4 is 0 Å². The molecule has 0 radical (unpaired) electrons. The van der Waals surface area contributed by atoms with Crippen molar-refractivity contribution in [2.24, 2.45) is 5.73 Å². The van der Waals surface area contributed by atoms with Gasteiger partial charge in [-0.2, -0.15) is 0 Å². The van der Waals surface area contributed by atoms with E-state index in [1.807, 2.05) is 13.0 Å². The highest BCUT2D eigenvalue weighted by Crippen LogP contribution is 2.36. The van der Waals surface area contributed by atoms with Crippen molar-refractivity contribution in [1.82, 2.24) is 4.90 Å². The molecule has 0 bridgehead atoms. The zero-order valence-electron chi connectivity index (χ0n) is 12.0. The number of hydrogen-bond acceptors (Lipinski definition) is 2. The zero-order valence-corrected chi connectivity index (χ0v) is 12.0. The average molecular weight is 264 g/mol. The van der Waals surface area contributed by atoms with Crippen LogP contribution in [0.15, 0.2) is 24.3 Å². The van der Waals surface area contributed by atoms with Crippen molar-refractivity contribution in [2.75, 3.05) is 6.54 Å². The minimum atomic E-state index is -0.172. The third-order valence-corrected chi connectivity index (χ3v) is 3.83. The molecular weight excluding hydrogens is 239 g/mol. The standard InChI is InChI=1S/C16H25FN2/c1-3-4-10-19(15-8-9-15)16(12(2)18)13-6-5-7-14(17)11-13/h5-7,11-12,15-16H,3-4,8-10,18H2,1-2H3. The summed E-state index contributed by atoms with van der Waals surface area (Å²) in [4.78, 5) is 2.49. The molecule has 3 heteroatoms. The molecule has 1 aliphatic carbocycles. The molecule has 0 aliphatic heterocycles. The van der Waals surface area contributed by atoms with E-state index in [9.17, 15) is 4.39 Å². The van der Waals surface area contributed by atoms with E-state index in [1.165, 1.54) is 31.7 Å². The van der Waals surface area contributed by atoms with Crippen molar-refractivity contribution in [2.45, 2.75) is 57.7 Å². The van der Waals surface area contributed by atoms with E-state index in [0.717, 1.165) is 12.1 Å². The average Bonchev–Trinajstić information content (AvgIpc) is 3.18. The first-order chi connectivity index (χ1) is 9.13. The SMILES string of the molecule is CCCCN(C1CC1)C(c1cccc(F)c1)C(C)N. The number of nitrogens with zero attached hydrogens (tertiary/aromatic N) is 1. The number of unbranched alkanes of at least 4 members (excludes halogenated alkanes) is 1. The quantitative estimate of drug-likeness (QED) is 0.817. The molecule has 106 valence electrons. The normalized spacial score (nSPS) is 18.6. The Balaban J connectivity index is 2.21. The number of benzene rings is 1. The molecule has 0 saturated heterocycles. The molecule has 1 aliphatic rings. The summed E-state index contributed by atoms with van der Waals surface area (Å²) >= 11 is 0. The first kappa shape index (κ1) is 14.5. The van der Waals surface area contributed by atoms with E-state index in [2.05, 4.69) is 11.8 Å². The number of halogens is 1. The largest absolute Gasteiger partial charge is 0.326 e. The third-order valence-electron chi connectivity index (χ3n) is 3.83. The lowest BCUT2D eigenvalue weighted by Crippen LogP contribution is -2.41. The van der Waals surface area contributed by atoms with Crippen LogP contribution in [0.2, 0.25) is 0 Å². The monoisotopic (exact) mass is 264 g/mol. The Morgan fingerprint density at radius 3 is 2.68 bits per heavy atom. The molecule has 2 N–H and O–H groups in total. The van der Waals surface area contributed by atoms with Crippen molar-refractivity contribution in [1.29, 1.82) is 0 Å². The zero-order chi connectivity index (χ0) is 13.8. The number of rotatable bonds is 7. The van der Waals surface area contributed by atoms with Crippen LogP contribution >= 0.6 is 0 Å². The molecule has 19 heavy (non-hydrogen) atoms. The van der Waals surface area contributed by atoms with Gasteiger partial charge in [-0.05, 0) is 50.4 Å². The van der Waals surface area contributed by atoms with E-state index in [-0.39, 0.29) is 17.9 Å². The van der Waals surface area contributed by atoms with Crippen molar-refractivity contribution < 1.29 is 4.39 Å². The second-order valence-corrected chi connectivity index (χ2v) is 5.68. The minimum Gasteiger partial charge on any atom is -0.326 e. The van der Waals surface area contributed by atoms with E-state index in [1.54, 1.807) is 12.1 Å². The Bertz CT molecular complexity index is 401. The molecule has 2 unspecified atom stereocenters. The van der Waals surface area contributed by atoms with Gasteiger partial charge in [0.1, 0.15) is 5.82 Å². The lowest BCUT2D eigenvalue weighted by molar-refractivity contribution is 0.163. The molecule has 1 aromatic carbocycles. The highest BCUT2D eigenvalue weighted by molar-refractivity contribution is 5.22. The first-order valence-electron chi connectivity index (χ1n) is 7.40. The van der Waals surface area contributed by atoms with Crippen LogP contribution in [-0.4, -0.2) is 23.5 Å². The smallest absolute Gasteiger partial charge is 0.123 e. The molecule has 0 amide bonds. The van der Waals surface area contributed by atoms with E-state index < -0.39 is 0 Å². The minimum absolute atomic E-state index is 0.0132. The Hall–Kier alpha value is -0.930. The molecule has 1 aromatic rings. The first-order valence-corrected chi connectivity index (χ1v) is 7.40. The Morgan fingerprint density at radius 1 is 1.42 bits per heavy atom. The van der Waals surface area contributed by atoms with Gasteiger partial charge < -0.3 is 5.73 Å². The van der Waals surface area contributed by atoms with Crippen LogP contribution in [0.1, 0.15) is 51.1 Å². The van der Waals surface area contributed by atoms with Crippen LogP contribution in [-0.2, 0) is 0 Å². The van der Waals surface area contributed by atoms with Gasteiger partial charge >= 0.3 is 0 Å². The van der Waals surface area contributed by atoms with E-state index >= 15 is 0 Å². The van der Waals surface area contributed by atoms with Crippen molar-refractivity contribution in [3.63, 3.8) is 0 Å². The summed E-state index contributed by atoms with van der Waals surface area (Å²) in [5.74, 6) is -0.172. The highest BCUT2D eigenvalue weighted by atomic mass is 19.1. The Morgan fingerprint density at radius 2 is 2.16 bits per heavy atom. The van der Waals surface area contributed by atoms with Crippen molar-refractivity contribution in [3.05, 3.63) is 35.6 Å². The van der Waals surface area contributed by atoms with Gasteiger partial charge in [-0.15, -0.1) is 0 Å². The molecule has 2 atom stereocenters. The summed E-state index contributed by atoms with van der Waals surface area (Å²) in [7, 11) is 0. The van der Waals surface area contributed by atoms with Crippen LogP contribution < -0.4 is 5.73 Å². The van der Waals surface area contributed by atoms with Gasteiger partial charge in [0.15, 0.2) is 0 Å². The molecule has 0 aromatic heterocycles. The topological polar surface area (TPSA) is 29.3 Å².